The Morgan fingerprint density at radius 2 is 1.89 bits per heavy atom. The molecule has 0 bridgehead atoms. The second-order valence-corrected chi connectivity index (χ2v) is 4.85. The highest BCUT2D eigenvalue weighted by Gasteiger charge is 2.13. The molecule has 0 aliphatic rings. The third-order valence-electron chi connectivity index (χ3n) is 2.46. The van der Waals surface area contributed by atoms with Gasteiger partial charge in [0, 0.05) is 18.0 Å². The molecule has 96 valence electrons. The van der Waals surface area contributed by atoms with E-state index in [0.29, 0.717) is 10.7 Å². The smallest absolute Gasteiger partial charge is 0.156 e. The Morgan fingerprint density at radius 3 is 2.63 bits per heavy atom. The number of rotatable bonds is 2. The molecule has 0 spiro atoms. The summed E-state index contributed by atoms with van der Waals surface area (Å²) < 4.78 is 28.9. The topological polar surface area (TPSA) is 56.2 Å². The van der Waals surface area contributed by atoms with E-state index in [1.54, 1.807) is 29.0 Å². The predicted molar refractivity (Wildman–Crippen MR) is 67.9 cm³/mol. The number of nitrogens with two attached hydrogens (primary N) is 1. The van der Waals surface area contributed by atoms with E-state index in [4.69, 9.17) is 5.73 Å². The maximum atomic E-state index is 13.7. The summed E-state index contributed by atoms with van der Waals surface area (Å²) in [6, 6.07) is 5.52. The number of halogens is 2. The van der Waals surface area contributed by atoms with Gasteiger partial charge in [0.05, 0.1) is 11.1 Å². The molecule has 4 nitrogen and oxygen atoms in total. The first kappa shape index (κ1) is 11.9. The summed E-state index contributed by atoms with van der Waals surface area (Å²) >= 11 is 0.910. The van der Waals surface area contributed by atoms with E-state index < -0.39 is 11.6 Å². The summed E-state index contributed by atoms with van der Waals surface area (Å²) in [5, 5.41) is 4.48. The van der Waals surface area contributed by atoms with E-state index in [2.05, 4.69) is 10.1 Å². The second kappa shape index (κ2) is 4.51. The summed E-state index contributed by atoms with van der Waals surface area (Å²) in [5.74, 6) is -1.39. The van der Waals surface area contributed by atoms with Crippen molar-refractivity contribution in [3.8, 4) is 0 Å². The molecule has 3 rings (SSSR count). The van der Waals surface area contributed by atoms with E-state index in [1.807, 2.05) is 0 Å². The number of hydrogen-bond donors (Lipinski definition) is 1. The quantitative estimate of drug-likeness (QED) is 0.578. The summed E-state index contributed by atoms with van der Waals surface area (Å²) in [5.41, 5.74) is 6.03. The summed E-state index contributed by atoms with van der Waals surface area (Å²) in [4.78, 5) is 4.11. The van der Waals surface area contributed by atoms with Gasteiger partial charge in [0.2, 0.25) is 0 Å². The number of aromatic nitrogens is 3. The van der Waals surface area contributed by atoms with Crippen LogP contribution in [-0.2, 0) is 0 Å². The molecular weight excluding hydrogens is 270 g/mol. The van der Waals surface area contributed by atoms with Crippen LogP contribution in [0.15, 0.2) is 46.6 Å². The summed E-state index contributed by atoms with van der Waals surface area (Å²) in [6.45, 7) is 0. The van der Waals surface area contributed by atoms with Gasteiger partial charge in [0.15, 0.2) is 5.65 Å². The van der Waals surface area contributed by atoms with Gasteiger partial charge in [-0.3, -0.25) is 0 Å². The van der Waals surface area contributed by atoms with Crippen molar-refractivity contribution in [2.24, 2.45) is 0 Å². The monoisotopic (exact) mass is 278 g/mol. The van der Waals surface area contributed by atoms with Crippen LogP contribution in [0.3, 0.4) is 0 Å². The largest absolute Gasteiger partial charge is 0.399 e. The Hall–Kier alpha value is -2.15. The van der Waals surface area contributed by atoms with Crippen molar-refractivity contribution in [2.45, 2.75) is 9.92 Å². The average molecular weight is 278 g/mol. The Morgan fingerprint density at radius 1 is 1.16 bits per heavy atom. The van der Waals surface area contributed by atoms with Gasteiger partial charge in [-0.25, -0.2) is 18.3 Å². The van der Waals surface area contributed by atoms with Crippen LogP contribution in [0, 0.1) is 11.6 Å². The lowest BCUT2D eigenvalue weighted by Crippen LogP contribution is -1.95. The maximum absolute atomic E-state index is 13.7. The SMILES string of the molecule is Nc1cc(F)c(Sc2ccn3nccc3n2)c(F)c1. The molecule has 0 amide bonds. The molecule has 3 aromatic rings. The molecule has 7 heteroatoms. The van der Waals surface area contributed by atoms with E-state index in [0.717, 1.165) is 23.9 Å². The van der Waals surface area contributed by atoms with Crippen molar-refractivity contribution in [3.05, 3.63) is 48.3 Å². The Kier molecular flexibility index (Phi) is 2.83. The third kappa shape index (κ3) is 2.24. The Bertz CT molecular complexity index is 733. The van der Waals surface area contributed by atoms with Crippen LogP contribution in [0.25, 0.3) is 5.65 Å². The molecule has 0 atom stereocenters. The first-order chi connectivity index (χ1) is 9.13. The lowest BCUT2D eigenvalue weighted by Gasteiger charge is -2.05. The number of hydrogen-bond acceptors (Lipinski definition) is 4. The molecule has 2 aromatic heterocycles. The highest BCUT2D eigenvalue weighted by Crippen LogP contribution is 2.32. The molecule has 0 unspecified atom stereocenters. The van der Waals surface area contributed by atoms with Crippen LogP contribution < -0.4 is 5.73 Å². The maximum Gasteiger partial charge on any atom is 0.156 e. The number of anilines is 1. The number of nitrogen functional groups attached to an aromatic ring is 1. The standard InChI is InChI=1S/C12H8F2N4S/c13-8-5-7(15)6-9(14)12(8)19-11-2-4-18-10(17-11)1-3-16-18/h1-6H,15H2. The zero-order valence-electron chi connectivity index (χ0n) is 9.55. The summed E-state index contributed by atoms with van der Waals surface area (Å²) in [6.07, 6.45) is 3.28. The van der Waals surface area contributed by atoms with Gasteiger partial charge in [0.25, 0.3) is 0 Å². The van der Waals surface area contributed by atoms with Crippen molar-refractivity contribution >= 4 is 23.1 Å². The molecule has 0 radical (unpaired) electrons. The Labute approximate surface area is 111 Å². The van der Waals surface area contributed by atoms with Gasteiger partial charge < -0.3 is 5.73 Å². The zero-order chi connectivity index (χ0) is 13.4. The second-order valence-electron chi connectivity index (χ2n) is 3.82. The third-order valence-corrected chi connectivity index (χ3v) is 3.49. The highest BCUT2D eigenvalue weighted by atomic mass is 32.2. The fourth-order valence-corrected chi connectivity index (χ4v) is 2.42. The number of fused-ring (bicyclic) bond motifs is 1. The number of benzene rings is 1. The fourth-order valence-electron chi connectivity index (χ4n) is 1.63. The predicted octanol–water partition coefficient (Wildman–Crippen LogP) is 2.74. The molecule has 2 heterocycles. The van der Waals surface area contributed by atoms with Gasteiger partial charge in [-0.2, -0.15) is 5.10 Å². The molecule has 1 aromatic carbocycles. The lowest BCUT2D eigenvalue weighted by atomic mass is 10.3. The van der Waals surface area contributed by atoms with Gasteiger partial charge >= 0.3 is 0 Å². The molecule has 0 aliphatic heterocycles. The van der Waals surface area contributed by atoms with Crippen LogP contribution in [0.2, 0.25) is 0 Å². The van der Waals surface area contributed by atoms with Crippen molar-refractivity contribution < 1.29 is 8.78 Å². The van der Waals surface area contributed by atoms with E-state index in [1.165, 1.54) is 0 Å². The normalized spacial score (nSPS) is 11.1. The van der Waals surface area contributed by atoms with Gasteiger partial charge in [0.1, 0.15) is 16.7 Å². The van der Waals surface area contributed by atoms with Crippen molar-refractivity contribution in [2.75, 3.05) is 5.73 Å². The summed E-state index contributed by atoms with van der Waals surface area (Å²) in [7, 11) is 0. The van der Waals surface area contributed by atoms with Crippen LogP contribution in [0.5, 0.6) is 0 Å². The molecular formula is C12H8F2N4S. The fraction of sp³-hybridized carbons (Fsp3) is 0. The molecule has 0 saturated carbocycles. The Balaban J connectivity index is 2.00. The van der Waals surface area contributed by atoms with Crippen LogP contribution in [0.1, 0.15) is 0 Å². The van der Waals surface area contributed by atoms with E-state index >= 15 is 0 Å². The average Bonchev–Trinajstić information content (AvgIpc) is 2.81. The minimum absolute atomic E-state index is 0.0542. The molecule has 0 aliphatic carbocycles. The lowest BCUT2D eigenvalue weighted by molar-refractivity contribution is 0.541. The zero-order valence-corrected chi connectivity index (χ0v) is 10.4. The molecule has 0 saturated heterocycles. The first-order valence-corrected chi connectivity index (χ1v) is 6.18. The van der Waals surface area contributed by atoms with E-state index in [-0.39, 0.29) is 10.6 Å². The minimum Gasteiger partial charge on any atom is -0.399 e. The van der Waals surface area contributed by atoms with Gasteiger partial charge in [-0.05, 0) is 18.2 Å². The van der Waals surface area contributed by atoms with Crippen LogP contribution in [-0.4, -0.2) is 14.6 Å². The first-order valence-electron chi connectivity index (χ1n) is 5.36. The molecule has 0 fully saturated rings. The number of nitrogens with zero attached hydrogens (tertiary/aromatic N) is 3. The van der Waals surface area contributed by atoms with Crippen LogP contribution in [0.4, 0.5) is 14.5 Å². The van der Waals surface area contributed by atoms with Crippen molar-refractivity contribution in [3.63, 3.8) is 0 Å². The van der Waals surface area contributed by atoms with Gasteiger partial charge in [-0.1, -0.05) is 11.8 Å². The molecule has 2 N–H and O–H groups in total. The van der Waals surface area contributed by atoms with Crippen LogP contribution >= 0.6 is 11.8 Å². The van der Waals surface area contributed by atoms with Crippen molar-refractivity contribution in [1.82, 2.24) is 14.6 Å². The highest BCUT2D eigenvalue weighted by molar-refractivity contribution is 7.99. The van der Waals surface area contributed by atoms with Gasteiger partial charge in [-0.15, -0.1) is 0 Å². The van der Waals surface area contributed by atoms with Crippen molar-refractivity contribution in [1.29, 1.82) is 0 Å². The van der Waals surface area contributed by atoms with E-state index in [9.17, 15) is 8.78 Å². The minimum atomic E-state index is -0.697. The molecule has 19 heavy (non-hydrogen) atoms.